The van der Waals surface area contributed by atoms with Gasteiger partial charge in [0.15, 0.2) is 0 Å². The minimum absolute atomic E-state index is 0.0727. The van der Waals surface area contributed by atoms with Crippen molar-refractivity contribution in [3.8, 4) is 11.3 Å². The second-order valence-electron chi connectivity index (χ2n) is 7.84. The van der Waals surface area contributed by atoms with Gasteiger partial charge in [0.2, 0.25) is 5.91 Å². The third-order valence-electron chi connectivity index (χ3n) is 5.76. The molecule has 1 saturated carbocycles. The highest BCUT2D eigenvalue weighted by atomic mass is 35.5. The molecule has 0 bridgehead atoms. The average Bonchev–Trinajstić information content (AvgIpc) is 3.21. The summed E-state index contributed by atoms with van der Waals surface area (Å²) in [5.74, 6) is 2.67. The molecule has 2 heterocycles. The van der Waals surface area contributed by atoms with Gasteiger partial charge in [0.1, 0.15) is 11.5 Å². The van der Waals surface area contributed by atoms with Crippen LogP contribution >= 0.6 is 11.6 Å². The van der Waals surface area contributed by atoms with Crippen molar-refractivity contribution in [2.45, 2.75) is 38.5 Å². The number of furan rings is 1. The number of fused-ring (bicyclic) bond motifs is 1. The zero-order valence-corrected chi connectivity index (χ0v) is 16.2. The van der Waals surface area contributed by atoms with Crippen LogP contribution in [0.25, 0.3) is 11.3 Å². The largest absolute Gasteiger partial charge is 0.460 e. The molecule has 2 fully saturated rings. The number of likely N-dealkylation sites (tertiary alicyclic amines) is 1. The molecule has 1 aliphatic heterocycles. The summed E-state index contributed by atoms with van der Waals surface area (Å²) >= 11 is 6.07. The Bertz CT molecular complexity index is 821. The molecule has 1 aliphatic carbocycles. The summed E-state index contributed by atoms with van der Waals surface area (Å²) in [6.45, 7) is 4.20. The van der Waals surface area contributed by atoms with Crippen LogP contribution < -0.4 is 5.32 Å². The molecular weight excluding hydrogens is 364 g/mol. The molecule has 1 amide bonds. The van der Waals surface area contributed by atoms with Crippen molar-refractivity contribution in [2.24, 2.45) is 11.8 Å². The Kier molecular flexibility index (Phi) is 5.26. The zero-order valence-electron chi connectivity index (χ0n) is 15.4. The van der Waals surface area contributed by atoms with Crippen LogP contribution in [0.4, 0.5) is 0 Å². The molecule has 0 spiro atoms. The number of hydrogen-bond donors (Lipinski definition) is 2. The maximum Gasteiger partial charge on any atom is 0.217 e. The maximum absolute atomic E-state index is 11.3. The number of hydrogen-bond acceptors (Lipinski definition) is 4. The van der Waals surface area contributed by atoms with Crippen molar-refractivity contribution in [1.82, 2.24) is 10.2 Å². The molecule has 6 heteroatoms. The number of carbonyl (C=O) groups is 1. The Morgan fingerprint density at radius 2 is 2.04 bits per heavy atom. The van der Waals surface area contributed by atoms with E-state index in [0.717, 1.165) is 49.6 Å². The number of nitrogens with zero attached hydrogens (tertiary/aromatic N) is 1. The van der Waals surface area contributed by atoms with Gasteiger partial charge in [-0.25, -0.2) is 0 Å². The van der Waals surface area contributed by atoms with Crippen LogP contribution in [0.1, 0.15) is 25.5 Å². The van der Waals surface area contributed by atoms with Gasteiger partial charge in [-0.15, -0.1) is 0 Å². The molecule has 2 aromatic rings. The minimum Gasteiger partial charge on any atom is -0.460 e. The van der Waals surface area contributed by atoms with Gasteiger partial charge in [-0.05, 0) is 48.9 Å². The molecule has 2 N–H and O–H groups in total. The Hall–Kier alpha value is -1.82. The molecule has 27 heavy (non-hydrogen) atoms. The van der Waals surface area contributed by atoms with Crippen molar-refractivity contribution >= 4 is 17.5 Å². The summed E-state index contributed by atoms with van der Waals surface area (Å²) in [4.78, 5) is 13.7. The molecule has 0 radical (unpaired) electrons. The van der Waals surface area contributed by atoms with Gasteiger partial charge in [0.05, 0.1) is 18.7 Å². The third kappa shape index (κ3) is 4.21. The minimum atomic E-state index is -0.451. The normalized spacial score (nSPS) is 28.1. The van der Waals surface area contributed by atoms with Gasteiger partial charge in [0.25, 0.3) is 0 Å². The fourth-order valence-corrected chi connectivity index (χ4v) is 4.74. The van der Waals surface area contributed by atoms with Gasteiger partial charge in [-0.3, -0.25) is 9.69 Å². The Balaban J connectivity index is 1.38. The topological polar surface area (TPSA) is 65.7 Å². The summed E-state index contributed by atoms with van der Waals surface area (Å²) in [6, 6.07) is 11.5. The Morgan fingerprint density at radius 3 is 2.78 bits per heavy atom. The molecule has 1 aromatic heterocycles. The first-order valence-corrected chi connectivity index (χ1v) is 9.88. The highest BCUT2D eigenvalue weighted by Gasteiger charge is 2.41. The Labute approximate surface area is 164 Å². The quantitative estimate of drug-likeness (QED) is 0.843. The van der Waals surface area contributed by atoms with Crippen LogP contribution in [0, 0.1) is 11.8 Å². The van der Waals surface area contributed by atoms with Crippen molar-refractivity contribution in [1.29, 1.82) is 0 Å². The SMILES string of the molecule is CC(=O)N[C@@H]1C[C@@H]2CN(Cc3ccc(-c4cccc(Cl)c4)o3)C[C@@H]2C[C@H]1O. The molecule has 5 nitrogen and oxygen atoms in total. The van der Waals surface area contributed by atoms with Crippen LogP contribution in [0.5, 0.6) is 0 Å². The molecule has 4 rings (SSSR count). The first kappa shape index (κ1) is 18.5. The van der Waals surface area contributed by atoms with E-state index in [1.165, 1.54) is 6.92 Å². The number of nitrogens with one attached hydrogen (secondary N) is 1. The monoisotopic (exact) mass is 388 g/mol. The fraction of sp³-hybridized carbons (Fsp3) is 0.476. The van der Waals surface area contributed by atoms with E-state index in [0.29, 0.717) is 16.9 Å². The number of rotatable bonds is 4. The highest BCUT2D eigenvalue weighted by Crippen LogP contribution is 2.37. The number of aliphatic hydroxyl groups excluding tert-OH is 1. The van der Waals surface area contributed by atoms with Gasteiger partial charge in [-0.2, -0.15) is 0 Å². The van der Waals surface area contributed by atoms with Crippen molar-refractivity contribution in [2.75, 3.05) is 13.1 Å². The number of aliphatic hydroxyl groups is 1. The van der Waals surface area contributed by atoms with Gasteiger partial charge >= 0.3 is 0 Å². The summed E-state index contributed by atoms with van der Waals surface area (Å²) in [7, 11) is 0. The number of halogens is 1. The van der Waals surface area contributed by atoms with Crippen molar-refractivity contribution in [3.63, 3.8) is 0 Å². The van der Waals surface area contributed by atoms with Crippen molar-refractivity contribution in [3.05, 3.63) is 47.2 Å². The van der Waals surface area contributed by atoms with Crippen LogP contribution in [-0.2, 0) is 11.3 Å². The summed E-state index contributed by atoms with van der Waals surface area (Å²) < 4.78 is 6.03. The van der Waals surface area contributed by atoms with E-state index in [2.05, 4.69) is 10.2 Å². The van der Waals surface area contributed by atoms with E-state index in [1.807, 2.05) is 36.4 Å². The fourth-order valence-electron chi connectivity index (χ4n) is 4.55. The zero-order chi connectivity index (χ0) is 19.0. The lowest BCUT2D eigenvalue weighted by atomic mass is 9.77. The Morgan fingerprint density at radius 1 is 1.26 bits per heavy atom. The second-order valence-corrected chi connectivity index (χ2v) is 8.27. The summed E-state index contributed by atoms with van der Waals surface area (Å²) in [5, 5.41) is 13.9. The lowest BCUT2D eigenvalue weighted by Crippen LogP contribution is -2.48. The lowest BCUT2D eigenvalue weighted by molar-refractivity contribution is -0.121. The van der Waals surface area contributed by atoms with Crippen LogP contribution in [0.2, 0.25) is 5.02 Å². The first-order valence-electron chi connectivity index (χ1n) is 9.50. The number of benzene rings is 1. The molecule has 1 saturated heterocycles. The van der Waals surface area contributed by atoms with E-state index < -0.39 is 6.10 Å². The summed E-state index contributed by atoms with van der Waals surface area (Å²) in [6.07, 6.45) is 1.14. The second kappa shape index (κ2) is 7.66. The van der Waals surface area contributed by atoms with Crippen LogP contribution in [0.15, 0.2) is 40.8 Å². The first-order chi connectivity index (χ1) is 13.0. The van der Waals surface area contributed by atoms with E-state index >= 15 is 0 Å². The molecule has 1 aromatic carbocycles. The summed E-state index contributed by atoms with van der Waals surface area (Å²) in [5.41, 5.74) is 0.977. The van der Waals surface area contributed by atoms with Gasteiger partial charge in [-0.1, -0.05) is 23.7 Å². The van der Waals surface area contributed by atoms with E-state index in [-0.39, 0.29) is 11.9 Å². The molecule has 0 unspecified atom stereocenters. The maximum atomic E-state index is 11.3. The number of carbonyl (C=O) groups excluding carboxylic acids is 1. The predicted octanol–water partition coefficient (Wildman–Crippen LogP) is 3.31. The standard InChI is InChI=1S/C21H25ClN2O3/c1-13(25)23-19-8-15-10-24(11-16(15)9-20(19)26)12-18-5-6-21(27-18)14-3-2-4-17(22)7-14/h2-7,15-16,19-20,26H,8-12H2,1H3,(H,23,25)/t15-,16+,19-,20-/m1/s1. The van der Waals surface area contributed by atoms with Crippen LogP contribution in [0.3, 0.4) is 0 Å². The lowest BCUT2D eigenvalue weighted by Gasteiger charge is -2.35. The highest BCUT2D eigenvalue weighted by molar-refractivity contribution is 6.30. The van der Waals surface area contributed by atoms with Gasteiger partial charge in [0, 0.05) is 30.6 Å². The van der Waals surface area contributed by atoms with Crippen molar-refractivity contribution < 1.29 is 14.3 Å². The third-order valence-corrected chi connectivity index (χ3v) is 5.99. The number of amides is 1. The van der Waals surface area contributed by atoms with E-state index in [9.17, 15) is 9.90 Å². The van der Waals surface area contributed by atoms with Gasteiger partial charge < -0.3 is 14.8 Å². The molecule has 2 aliphatic rings. The molecule has 144 valence electrons. The van der Waals surface area contributed by atoms with Crippen LogP contribution in [-0.4, -0.2) is 41.1 Å². The molecular formula is C21H25ClN2O3. The molecule has 4 atom stereocenters. The smallest absolute Gasteiger partial charge is 0.217 e. The van der Waals surface area contributed by atoms with E-state index in [4.69, 9.17) is 16.0 Å². The average molecular weight is 389 g/mol. The van der Waals surface area contributed by atoms with E-state index in [1.54, 1.807) is 0 Å². The predicted molar refractivity (Wildman–Crippen MR) is 104 cm³/mol.